The van der Waals surface area contributed by atoms with E-state index in [0.717, 1.165) is 5.56 Å². The molecule has 0 saturated carbocycles. The molecule has 35 heavy (non-hydrogen) atoms. The molecule has 1 fully saturated rings. The van der Waals surface area contributed by atoms with Crippen LogP contribution in [0, 0.1) is 0 Å². The fourth-order valence-corrected chi connectivity index (χ4v) is 5.84. The van der Waals surface area contributed by atoms with Crippen molar-refractivity contribution in [3.8, 4) is 5.75 Å². The third kappa shape index (κ3) is 5.24. The lowest BCUT2D eigenvalue weighted by Gasteiger charge is -2.27. The predicted octanol–water partition coefficient (Wildman–Crippen LogP) is 2.53. The van der Waals surface area contributed by atoms with Crippen LogP contribution in [0.15, 0.2) is 59.8 Å². The van der Waals surface area contributed by atoms with Crippen LogP contribution in [0.5, 0.6) is 5.75 Å². The molecule has 4 rings (SSSR count). The van der Waals surface area contributed by atoms with E-state index in [2.05, 4.69) is 10.3 Å². The molecule has 2 heterocycles. The number of benzene rings is 2. The minimum atomic E-state index is -3.76. The molecule has 1 saturated heterocycles. The summed E-state index contributed by atoms with van der Waals surface area (Å²) in [6.45, 7) is 3.19. The summed E-state index contributed by atoms with van der Waals surface area (Å²) in [5.41, 5.74) is 1.75. The largest absolute Gasteiger partial charge is 0.497 e. The summed E-state index contributed by atoms with van der Waals surface area (Å²) in [6.07, 6.45) is 4.00. The van der Waals surface area contributed by atoms with Gasteiger partial charge in [0.2, 0.25) is 10.0 Å². The second-order valence-electron chi connectivity index (χ2n) is 8.27. The zero-order valence-electron chi connectivity index (χ0n) is 20.1. The Morgan fingerprint density at radius 3 is 2.49 bits per heavy atom. The number of imidazole rings is 1. The normalized spacial score (nSPS) is 15.5. The molecular formula is C25H30N4O5S. The number of carbonyl (C=O) groups is 1. The number of hydrogen-bond acceptors (Lipinski definition) is 6. The first-order valence-electron chi connectivity index (χ1n) is 11.5. The molecule has 1 aliphatic heterocycles. The Kier molecular flexibility index (Phi) is 7.54. The first kappa shape index (κ1) is 24.9. The molecule has 0 spiro atoms. The summed E-state index contributed by atoms with van der Waals surface area (Å²) in [4.78, 5) is 18.0. The summed E-state index contributed by atoms with van der Waals surface area (Å²) in [6, 6.07) is 11.7. The highest BCUT2D eigenvalue weighted by atomic mass is 32.2. The van der Waals surface area contributed by atoms with Crippen LogP contribution in [0.2, 0.25) is 0 Å². The molecule has 0 bridgehead atoms. The Bertz CT molecular complexity index is 1280. The summed E-state index contributed by atoms with van der Waals surface area (Å²) >= 11 is 0. The van der Waals surface area contributed by atoms with Crippen LogP contribution in [-0.2, 0) is 28.2 Å². The second kappa shape index (κ2) is 10.6. The van der Waals surface area contributed by atoms with Gasteiger partial charge in [0.15, 0.2) is 0 Å². The maximum absolute atomic E-state index is 13.4. The van der Waals surface area contributed by atoms with E-state index in [-0.39, 0.29) is 10.5 Å². The quantitative estimate of drug-likeness (QED) is 0.512. The molecule has 0 radical (unpaired) electrons. The van der Waals surface area contributed by atoms with Crippen LogP contribution in [0.3, 0.4) is 0 Å². The molecule has 186 valence electrons. The van der Waals surface area contributed by atoms with Crippen molar-refractivity contribution in [2.45, 2.75) is 24.3 Å². The third-order valence-electron chi connectivity index (χ3n) is 6.14. The minimum Gasteiger partial charge on any atom is -0.497 e. The van der Waals surface area contributed by atoms with Crippen LogP contribution in [-0.4, -0.2) is 61.6 Å². The molecule has 1 atom stereocenters. The highest BCUT2D eigenvalue weighted by Crippen LogP contribution is 2.26. The zero-order chi connectivity index (χ0) is 25.0. The van der Waals surface area contributed by atoms with Gasteiger partial charge in [0.25, 0.3) is 5.91 Å². The Labute approximate surface area is 205 Å². The van der Waals surface area contributed by atoms with Gasteiger partial charge in [-0.2, -0.15) is 4.31 Å². The molecule has 3 aromatic rings. The lowest BCUT2D eigenvalue weighted by Crippen LogP contribution is -2.41. The minimum absolute atomic E-state index is 0.160. The lowest BCUT2D eigenvalue weighted by atomic mass is 10.0. The van der Waals surface area contributed by atoms with Gasteiger partial charge in [-0.1, -0.05) is 25.1 Å². The standard InChI is InChI=1S/C25H30N4O5S/c1-4-18-5-6-20(17-22(18)35(31,32)29-13-15-34-16-14-29)25(30)27-23(24-26-11-12-28(24)2)19-7-9-21(33-3)10-8-19/h5-12,17,23H,4,13-16H2,1-3H3,(H,27,30)/t23-/m1/s1. The van der Waals surface area contributed by atoms with Crippen LogP contribution in [0.1, 0.15) is 40.3 Å². The molecular weight excluding hydrogens is 468 g/mol. The number of methoxy groups -OCH3 is 1. The van der Waals surface area contributed by atoms with Gasteiger partial charge in [-0.25, -0.2) is 13.4 Å². The van der Waals surface area contributed by atoms with Crippen LogP contribution >= 0.6 is 0 Å². The van der Waals surface area contributed by atoms with E-state index in [9.17, 15) is 13.2 Å². The average molecular weight is 499 g/mol. The Balaban J connectivity index is 1.67. The van der Waals surface area contributed by atoms with E-state index in [1.807, 2.05) is 42.8 Å². The van der Waals surface area contributed by atoms with E-state index in [1.165, 1.54) is 10.4 Å². The number of rotatable bonds is 8. The van der Waals surface area contributed by atoms with Crippen molar-refractivity contribution in [3.63, 3.8) is 0 Å². The smallest absolute Gasteiger partial charge is 0.252 e. The maximum Gasteiger partial charge on any atom is 0.252 e. The monoisotopic (exact) mass is 498 g/mol. The molecule has 9 nitrogen and oxygen atoms in total. The second-order valence-corrected chi connectivity index (χ2v) is 10.2. The van der Waals surface area contributed by atoms with Gasteiger partial charge in [-0.15, -0.1) is 0 Å². The van der Waals surface area contributed by atoms with Crippen molar-refractivity contribution in [1.29, 1.82) is 0 Å². The maximum atomic E-state index is 13.4. The zero-order valence-corrected chi connectivity index (χ0v) is 20.9. The van der Waals surface area contributed by atoms with E-state index in [1.54, 1.807) is 31.6 Å². The Hall–Kier alpha value is -3.21. The van der Waals surface area contributed by atoms with Gasteiger partial charge in [0.05, 0.1) is 25.2 Å². The number of nitrogens with one attached hydrogen (secondary N) is 1. The van der Waals surface area contributed by atoms with E-state index >= 15 is 0 Å². The van der Waals surface area contributed by atoms with Gasteiger partial charge in [0.1, 0.15) is 17.6 Å². The predicted molar refractivity (Wildman–Crippen MR) is 131 cm³/mol. The van der Waals surface area contributed by atoms with Gasteiger partial charge in [-0.3, -0.25) is 4.79 Å². The van der Waals surface area contributed by atoms with E-state index < -0.39 is 22.0 Å². The molecule has 1 aliphatic rings. The van der Waals surface area contributed by atoms with Crippen LogP contribution < -0.4 is 10.1 Å². The molecule has 1 aromatic heterocycles. The highest BCUT2D eigenvalue weighted by molar-refractivity contribution is 7.89. The molecule has 0 aliphatic carbocycles. The van der Waals surface area contributed by atoms with E-state index in [4.69, 9.17) is 9.47 Å². The van der Waals surface area contributed by atoms with Gasteiger partial charge < -0.3 is 19.4 Å². The lowest BCUT2D eigenvalue weighted by molar-refractivity contribution is 0.0730. The van der Waals surface area contributed by atoms with Crippen molar-refractivity contribution in [1.82, 2.24) is 19.2 Å². The molecule has 1 N–H and O–H groups in total. The topological polar surface area (TPSA) is 103 Å². The van der Waals surface area contributed by atoms with Crippen molar-refractivity contribution < 1.29 is 22.7 Å². The van der Waals surface area contributed by atoms with Crippen molar-refractivity contribution in [3.05, 3.63) is 77.4 Å². The average Bonchev–Trinajstić information content (AvgIpc) is 3.32. The number of aromatic nitrogens is 2. The molecule has 0 unspecified atom stereocenters. The first-order valence-corrected chi connectivity index (χ1v) is 12.9. The summed E-state index contributed by atoms with van der Waals surface area (Å²) < 4.78 is 40.6. The highest BCUT2D eigenvalue weighted by Gasteiger charge is 2.29. The van der Waals surface area contributed by atoms with Crippen molar-refractivity contribution in [2.24, 2.45) is 7.05 Å². The number of ether oxygens (including phenoxy) is 2. The fourth-order valence-electron chi connectivity index (χ4n) is 4.12. The Morgan fingerprint density at radius 1 is 1.17 bits per heavy atom. The number of nitrogens with zero attached hydrogens (tertiary/aromatic N) is 3. The molecule has 1 amide bonds. The van der Waals surface area contributed by atoms with Gasteiger partial charge >= 0.3 is 0 Å². The number of morpholine rings is 1. The third-order valence-corrected chi connectivity index (χ3v) is 8.12. The summed E-state index contributed by atoms with van der Waals surface area (Å²) in [5.74, 6) is 0.955. The fraction of sp³-hybridized carbons (Fsp3) is 0.360. The molecule has 10 heteroatoms. The number of aryl methyl sites for hydroxylation is 2. The number of hydrogen-bond donors (Lipinski definition) is 1. The number of carbonyl (C=O) groups excluding carboxylic acids is 1. The van der Waals surface area contributed by atoms with Gasteiger partial charge in [0, 0.05) is 38.1 Å². The summed E-state index contributed by atoms with van der Waals surface area (Å²) in [7, 11) is -0.308. The number of sulfonamides is 1. The Morgan fingerprint density at radius 2 is 1.89 bits per heavy atom. The van der Waals surface area contributed by atoms with E-state index in [0.29, 0.717) is 49.9 Å². The SMILES string of the molecule is CCc1ccc(C(=O)N[C@H](c2ccc(OC)cc2)c2nccn2C)cc1S(=O)(=O)N1CCOCC1. The van der Waals surface area contributed by atoms with Crippen molar-refractivity contribution >= 4 is 15.9 Å². The number of amides is 1. The molecule has 2 aromatic carbocycles. The van der Waals surface area contributed by atoms with Crippen molar-refractivity contribution in [2.75, 3.05) is 33.4 Å². The first-order chi connectivity index (χ1) is 16.8. The van der Waals surface area contributed by atoms with Gasteiger partial charge in [-0.05, 0) is 41.8 Å². The summed E-state index contributed by atoms with van der Waals surface area (Å²) in [5, 5.41) is 3.03. The van der Waals surface area contributed by atoms with Crippen LogP contribution in [0.25, 0.3) is 0 Å². The van der Waals surface area contributed by atoms with Crippen LogP contribution in [0.4, 0.5) is 0 Å².